The summed E-state index contributed by atoms with van der Waals surface area (Å²) in [6, 6.07) is 0. The Morgan fingerprint density at radius 2 is 1.71 bits per heavy atom. The molecule has 0 aromatic carbocycles. The number of hydrogen-bond donors (Lipinski definition) is 1. The molecule has 1 aliphatic rings. The summed E-state index contributed by atoms with van der Waals surface area (Å²) in [6.07, 6.45) is 8.28. The normalized spacial score (nSPS) is 24.8. The van der Waals surface area contributed by atoms with Crippen molar-refractivity contribution in [3.8, 4) is 0 Å². The van der Waals surface area contributed by atoms with Gasteiger partial charge < -0.3 is 9.84 Å². The van der Waals surface area contributed by atoms with E-state index >= 15 is 0 Å². The lowest BCUT2D eigenvalue weighted by Gasteiger charge is -2.34. The topological polar surface area (TPSA) is 63.6 Å². The maximum atomic E-state index is 12.8. The molecule has 5 unspecified atom stereocenters. The molecule has 4 nitrogen and oxygen atoms in total. The summed E-state index contributed by atoms with van der Waals surface area (Å²) < 4.78 is 5.97. The Morgan fingerprint density at radius 3 is 2.21 bits per heavy atom. The van der Waals surface area contributed by atoms with Gasteiger partial charge in [0.25, 0.3) is 0 Å². The number of esters is 1. The second kappa shape index (κ2) is 10.7. The summed E-state index contributed by atoms with van der Waals surface area (Å²) in [7, 11) is 0. The molecule has 0 radical (unpaired) electrons. The summed E-state index contributed by atoms with van der Waals surface area (Å²) in [5.41, 5.74) is 0. The number of carboxylic acids is 1. The Balaban J connectivity index is 2.83. The lowest BCUT2D eigenvalue weighted by molar-refractivity contribution is -0.168. The van der Waals surface area contributed by atoms with Crippen LogP contribution in [0, 0.1) is 23.7 Å². The van der Waals surface area contributed by atoms with Crippen molar-refractivity contribution in [2.45, 2.75) is 91.6 Å². The monoisotopic (exact) mass is 340 g/mol. The smallest absolute Gasteiger partial charge is 0.310 e. The second-order valence-corrected chi connectivity index (χ2v) is 7.43. The molecule has 0 aromatic heterocycles. The molecule has 1 N–H and O–H groups in total. The Bertz CT molecular complexity index is 393. The molecule has 0 bridgehead atoms. The molecule has 24 heavy (non-hydrogen) atoms. The fourth-order valence-electron chi connectivity index (χ4n) is 3.91. The molecule has 1 saturated carbocycles. The van der Waals surface area contributed by atoms with Crippen LogP contribution >= 0.6 is 0 Å². The van der Waals surface area contributed by atoms with E-state index in [-0.39, 0.29) is 12.1 Å². The van der Waals surface area contributed by atoms with Gasteiger partial charge in [0.2, 0.25) is 0 Å². The first-order chi connectivity index (χ1) is 11.5. The molecular weight excluding hydrogens is 304 g/mol. The molecule has 0 aliphatic heterocycles. The van der Waals surface area contributed by atoms with Gasteiger partial charge in [0, 0.05) is 0 Å². The standard InChI is InChI=1S/C20H36O4/c1-5-8-11-15(7-3)18(14(4)6-2)24-20(23)17-13-10-9-12-16(17)19(21)22/h14-18H,5-13H2,1-4H3,(H,21,22). The molecule has 1 aliphatic carbocycles. The van der Waals surface area contributed by atoms with Gasteiger partial charge in [0.05, 0.1) is 11.8 Å². The summed E-state index contributed by atoms with van der Waals surface area (Å²) >= 11 is 0. The van der Waals surface area contributed by atoms with Gasteiger partial charge in [0.1, 0.15) is 6.10 Å². The molecule has 1 fully saturated rings. The summed E-state index contributed by atoms with van der Waals surface area (Å²) in [6.45, 7) is 8.60. The highest BCUT2D eigenvalue weighted by Gasteiger charge is 2.39. The van der Waals surface area contributed by atoms with Gasteiger partial charge in [-0.2, -0.15) is 0 Å². The fourth-order valence-corrected chi connectivity index (χ4v) is 3.91. The maximum Gasteiger partial charge on any atom is 0.310 e. The number of hydrogen-bond acceptors (Lipinski definition) is 3. The van der Waals surface area contributed by atoms with E-state index in [4.69, 9.17) is 4.74 Å². The highest BCUT2D eigenvalue weighted by molar-refractivity contribution is 5.81. The average molecular weight is 341 g/mol. The van der Waals surface area contributed by atoms with Crippen LogP contribution in [-0.2, 0) is 14.3 Å². The molecule has 0 spiro atoms. The third-order valence-corrected chi connectivity index (χ3v) is 5.76. The fraction of sp³-hybridized carbons (Fsp3) is 0.900. The SMILES string of the molecule is CCCCC(CC)C(OC(=O)C1CCCCC1C(=O)O)C(C)CC. The van der Waals surface area contributed by atoms with Crippen LogP contribution in [0.2, 0.25) is 0 Å². The van der Waals surface area contributed by atoms with Crippen LogP contribution in [-0.4, -0.2) is 23.1 Å². The highest BCUT2D eigenvalue weighted by atomic mass is 16.5. The zero-order valence-electron chi connectivity index (χ0n) is 15.9. The molecule has 4 heteroatoms. The summed E-state index contributed by atoms with van der Waals surface area (Å²) in [5.74, 6) is -1.48. The van der Waals surface area contributed by atoms with Crippen LogP contribution in [0.15, 0.2) is 0 Å². The van der Waals surface area contributed by atoms with Gasteiger partial charge in [-0.25, -0.2) is 0 Å². The quantitative estimate of drug-likeness (QED) is 0.565. The number of carbonyl (C=O) groups is 2. The van der Waals surface area contributed by atoms with Crippen molar-refractivity contribution in [1.29, 1.82) is 0 Å². The van der Waals surface area contributed by atoms with E-state index in [1.807, 2.05) is 0 Å². The van der Waals surface area contributed by atoms with Crippen molar-refractivity contribution in [3.63, 3.8) is 0 Å². The molecule has 0 heterocycles. The largest absolute Gasteiger partial charge is 0.481 e. The van der Waals surface area contributed by atoms with Crippen LogP contribution in [0.1, 0.15) is 85.5 Å². The van der Waals surface area contributed by atoms with Gasteiger partial charge in [0.15, 0.2) is 0 Å². The van der Waals surface area contributed by atoms with Crippen LogP contribution in [0.3, 0.4) is 0 Å². The first-order valence-corrected chi connectivity index (χ1v) is 9.89. The average Bonchev–Trinajstić information content (AvgIpc) is 2.60. The van der Waals surface area contributed by atoms with E-state index in [0.29, 0.717) is 24.7 Å². The Hall–Kier alpha value is -1.06. The summed E-state index contributed by atoms with van der Waals surface area (Å²) in [5, 5.41) is 9.41. The third kappa shape index (κ3) is 5.78. The predicted molar refractivity (Wildman–Crippen MR) is 95.7 cm³/mol. The second-order valence-electron chi connectivity index (χ2n) is 7.43. The van der Waals surface area contributed by atoms with Crippen molar-refractivity contribution in [1.82, 2.24) is 0 Å². The molecule has 0 amide bonds. The number of unbranched alkanes of at least 4 members (excludes halogenated alkanes) is 1. The van der Waals surface area contributed by atoms with E-state index in [0.717, 1.165) is 44.9 Å². The number of ether oxygens (including phenoxy) is 1. The van der Waals surface area contributed by atoms with Gasteiger partial charge in [-0.3, -0.25) is 9.59 Å². The van der Waals surface area contributed by atoms with Crippen molar-refractivity contribution < 1.29 is 19.4 Å². The van der Waals surface area contributed by atoms with E-state index in [2.05, 4.69) is 27.7 Å². The Labute approximate surface area is 147 Å². The molecule has 0 saturated heterocycles. The minimum absolute atomic E-state index is 0.0876. The molecule has 0 aromatic rings. The number of aliphatic carboxylic acids is 1. The maximum absolute atomic E-state index is 12.8. The van der Waals surface area contributed by atoms with E-state index in [1.54, 1.807) is 0 Å². The molecule has 1 rings (SSSR count). The lowest BCUT2D eigenvalue weighted by Crippen LogP contribution is -2.39. The zero-order chi connectivity index (χ0) is 18.1. The first kappa shape index (κ1) is 21.0. The third-order valence-electron chi connectivity index (χ3n) is 5.76. The number of rotatable bonds is 10. The van der Waals surface area contributed by atoms with Crippen LogP contribution in [0.25, 0.3) is 0 Å². The van der Waals surface area contributed by atoms with Gasteiger partial charge in [-0.15, -0.1) is 0 Å². The lowest BCUT2D eigenvalue weighted by atomic mass is 9.79. The van der Waals surface area contributed by atoms with E-state index < -0.39 is 17.8 Å². The summed E-state index contributed by atoms with van der Waals surface area (Å²) in [4.78, 5) is 24.2. The van der Waals surface area contributed by atoms with Crippen LogP contribution < -0.4 is 0 Å². The van der Waals surface area contributed by atoms with Crippen molar-refractivity contribution in [2.75, 3.05) is 0 Å². The van der Waals surface area contributed by atoms with Gasteiger partial charge in [-0.05, 0) is 37.5 Å². The number of carboxylic acid groups (broad SMARTS) is 1. The van der Waals surface area contributed by atoms with Gasteiger partial charge >= 0.3 is 11.9 Å². The Morgan fingerprint density at radius 1 is 1.08 bits per heavy atom. The van der Waals surface area contributed by atoms with Crippen molar-refractivity contribution in [3.05, 3.63) is 0 Å². The van der Waals surface area contributed by atoms with Crippen molar-refractivity contribution in [2.24, 2.45) is 23.7 Å². The minimum atomic E-state index is -0.852. The zero-order valence-corrected chi connectivity index (χ0v) is 15.9. The molecule has 140 valence electrons. The minimum Gasteiger partial charge on any atom is -0.481 e. The molecular formula is C20H36O4. The predicted octanol–water partition coefficient (Wildman–Crippen LogP) is 5.05. The first-order valence-electron chi connectivity index (χ1n) is 9.89. The van der Waals surface area contributed by atoms with E-state index in [1.165, 1.54) is 0 Å². The molecule has 5 atom stereocenters. The van der Waals surface area contributed by atoms with Crippen LogP contribution in [0.5, 0.6) is 0 Å². The number of carbonyl (C=O) groups excluding carboxylic acids is 1. The van der Waals surface area contributed by atoms with E-state index in [9.17, 15) is 14.7 Å². The van der Waals surface area contributed by atoms with Crippen molar-refractivity contribution >= 4 is 11.9 Å². The van der Waals surface area contributed by atoms with Gasteiger partial charge in [-0.1, -0.05) is 59.8 Å². The Kier molecular flexibility index (Phi) is 9.38. The van der Waals surface area contributed by atoms with Crippen LogP contribution in [0.4, 0.5) is 0 Å². The highest BCUT2D eigenvalue weighted by Crippen LogP contribution is 2.34.